The van der Waals surface area contributed by atoms with Crippen molar-refractivity contribution in [3.05, 3.63) is 84.2 Å². The minimum absolute atomic E-state index is 0.239. The summed E-state index contributed by atoms with van der Waals surface area (Å²) in [5, 5.41) is 8.13. The molecule has 140 valence electrons. The second-order valence-corrected chi connectivity index (χ2v) is 6.31. The van der Waals surface area contributed by atoms with Crippen molar-refractivity contribution < 1.29 is 9.53 Å². The lowest BCUT2D eigenvalue weighted by molar-refractivity contribution is 0.102. The van der Waals surface area contributed by atoms with Crippen LogP contribution in [0.5, 0.6) is 5.75 Å². The number of amides is 1. The fourth-order valence-corrected chi connectivity index (χ4v) is 3.01. The van der Waals surface area contributed by atoms with Crippen molar-refractivity contribution in [3.8, 4) is 5.75 Å². The molecule has 0 atom stereocenters. The molecule has 0 bridgehead atoms. The summed E-state index contributed by atoms with van der Waals surface area (Å²) in [6, 6.07) is 19.2. The molecule has 0 unspecified atom stereocenters. The first-order valence-corrected chi connectivity index (χ1v) is 9.13. The van der Waals surface area contributed by atoms with Gasteiger partial charge >= 0.3 is 0 Å². The van der Waals surface area contributed by atoms with Gasteiger partial charge in [-0.1, -0.05) is 42.5 Å². The number of benzene rings is 2. The number of hydrogen-bond acceptors (Lipinski definition) is 4. The van der Waals surface area contributed by atoms with Crippen LogP contribution in [-0.4, -0.2) is 27.3 Å². The van der Waals surface area contributed by atoms with E-state index in [1.165, 1.54) is 0 Å². The van der Waals surface area contributed by atoms with Gasteiger partial charge in [0, 0.05) is 11.6 Å². The molecule has 0 saturated heterocycles. The standard InChI is InChI=1S/C22H20N4O2/c1-2-28-20-11-7-6-10-19(20)25-22(27)18-12-17-14-24-26(21(17)23-13-18)15-16-8-4-3-5-9-16/h3-14H,2,15H2,1H3,(H,25,27). The zero-order valence-corrected chi connectivity index (χ0v) is 15.5. The van der Waals surface area contributed by atoms with Crippen molar-refractivity contribution in [1.29, 1.82) is 0 Å². The van der Waals surface area contributed by atoms with Gasteiger partial charge in [0.25, 0.3) is 5.91 Å². The summed E-state index contributed by atoms with van der Waals surface area (Å²) in [6.07, 6.45) is 3.31. The number of nitrogens with zero attached hydrogens (tertiary/aromatic N) is 3. The van der Waals surface area contributed by atoms with Crippen LogP contribution >= 0.6 is 0 Å². The second-order valence-electron chi connectivity index (χ2n) is 6.31. The Morgan fingerprint density at radius 3 is 2.68 bits per heavy atom. The Bertz CT molecular complexity index is 1110. The van der Waals surface area contributed by atoms with Crippen LogP contribution in [0.15, 0.2) is 73.1 Å². The highest BCUT2D eigenvalue weighted by atomic mass is 16.5. The first kappa shape index (κ1) is 17.7. The highest BCUT2D eigenvalue weighted by Gasteiger charge is 2.13. The van der Waals surface area contributed by atoms with Crippen LogP contribution in [0.4, 0.5) is 5.69 Å². The van der Waals surface area contributed by atoms with Gasteiger partial charge in [0.2, 0.25) is 0 Å². The number of para-hydroxylation sites is 2. The quantitative estimate of drug-likeness (QED) is 0.552. The highest BCUT2D eigenvalue weighted by molar-refractivity contribution is 6.06. The van der Waals surface area contributed by atoms with E-state index < -0.39 is 0 Å². The van der Waals surface area contributed by atoms with Crippen molar-refractivity contribution in [2.75, 3.05) is 11.9 Å². The van der Waals surface area contributed by atoms with E-state index in [0.717, 1.165) is 16.6 Å². The Morgan fingerprint density at radius 2 is 1.86 bits per heavy atom. The molecule has 2 aromatic carbocycles. The summed E-state index contributed by atoms with van der Waals surface area (Å²) >= 11 is 0. The lowest BCUT2D eigenvalue weighted by Crippen LogP contribution is -2.13. The molecule has 4 aromatic rings. The van der Waals surface area contributed by atoms with E-state index in [1.54, 1.807) is 18.5 Å². The maximum absolute atomic E-state index is 12.7. The summed E-state index contributed by atoms with van der Waals surface area (Å²) in [5.74, 6) is 0.403. The largest absolute Gasteiger partial charge is 0.492 e. The van der Waals surface area contributed by atoms with Gasteiger partial charge in [-0.2, -0.15) is 5.10 Å². The molecule has 6 nitrogen and oxygen atoms in total. The van der Waals surface area contributed by atoms with Gasteiger partial charge in [-0.15, -0.1) is 0 Å². The van der Waals surface area contributed by atoms with Crippen molar-refractivity contribution in [3.63, 3.8) is 0 Å². The van der Waals surface area contributed by atoms with Crippen molar-refractivity contribution >= 4 is 22.6 Å². The molecule has 0 aliphatic carbocycles. The smallest absolute Gasteiger partial charge is 0.257 e. The summed E-state index contributed by atoms with van der Waals surface area (Å²) in [7, 11) is 0. The van der Waals surface area contributed by atoms with E-state index in [4.69, 9.17) is 4.74 Å². The minimum Gasteiger partial charge on any atom is -0.492 e. The number of hydrogen-bond donors (Lipinski definition) is 1. The molecule has 2 heterocycles. The Hall–Kier alpha value is -3.67. The third kappa shape index (κ3) is 3.71. The van der Waals surface area contributed by atoms with Crippen molar-refractivity contribution in [1.82, 2.24) is 14.8 Å². The molecular formula is C22H20N4O2. The molecule has 0 aliphatic rings. The highest BCUT2D eigenvalue weighted by Crippen LogP contribution is 2.24. The Balaban J connectivity index is 1.56. The van der Waals surface area contributed by atoms with E-state index in [1.807, 2.05) is 66.2 Å². The van der Waals surface area contributed by atoms with Gasteiger partial charge in [0.05, 0.1) is 30.6 Å². The van der Waals surface area contributed by atoms with Crippen LogP contribution < -0.4 is 10.1 Å². The van der Waals surface area contributed by atoms with E-state index in [2.05, 4.69) is 15.4 Å². The predicted octanol–water partition coefficient (Wildman–Crippen LogP) is 4.13. The zero-order chi connectivity index (χ0) is 19.3. The Morgan fingerprint density at radius 1 is 1.07 bits per heavy atom. The van der Waals surface area contributed by atoms with E-state index >= 15 is 0 Å². The molecule has 28 heavy (non-hydrogen) atoms. The van der Waals surface area contributed by atoms with Crippen LogP contribution in [0.1, 0.15) is 22.8 Å². The van der Waals surface area contributed by atoms with Gasteiger partial charge in [-0.3, -0.25) is 4.79 Å². The molecule has 0 fully saturated rings. The number of nitrogens with one attached hydrogen (secondary N) is 1. The van der Waals surface area contributed by atoms with Crippen LogP contribution in [0.3, 0.4) is 0 Å². The van der Waals surface area contributed by atoms with Crippen LogP contribution in [0.25, 0.3) is 11.0 Å². The number of anilines is 1. The average Bonchev–Trinajstić information content (AvgIpc) is 3.12. The average molecular weight is 372 g/mol. The number of ether oxygens (including phenoxy) is 1. The Labute approximate surface area is 162 Å². The number of aromatic nitrogens is 3. The molecule has 0 saturated carbocycles. The molecule has 1 N–H and O–H groups in total. The van der Waals surface area contributed by atoms with Crippen LogP contribution in [-0.2, 0) is 6.54 Å². The molecule has 0 aliphatic heterocycles. The molecule has 2 aromatic heterocycles. The van der Waals surface area contributed by atoms with Gasteiger partial charge in [-0.05, 0) is 30.7 Å². The molecular weight excluding hydrogens is 352 g/mol. The van der Waals surface area contributed by atoms with Crippen LogP contribution in [0, 0.1) is 0 Å². The fraction of sp³-hybridized carbons (Fsp3) is 0.136. The summed E-state index contributed by atoms with van der Waals surface area (Å²) < 4.78 is 7.39. The maximum Gasteiger partial charge on any atom is 0.257 e. The normalized spacial score (nSPS) is 10.8. The molecule has 4 rings (SSSR count). The number of pyridine rings is 1. The molecule has 1 amide bonds. The van der Waals surface area contributed by atoms with Crippen molar-refractivity contribution in [2.24, 2.45) is 0 Å². The number of rotatable bonds is 6. The molecule has 0 radical (unpaired) electrons. The van der Waals surface area contributed by atoms with Gasteiger partial charge in [0.15, 0.2) is 5.65 Å². The SMILES string of the molecule is CCOc1ccccc1NC(=O)c1cnc2c(cnn2Cc2ccccc2)c1. The molecule has 0 spiro atoms. The predicted molar refractivity (Wildman–Crippen MR) is 109 cm³/mol. The van der Waals surface area contributed by atoms with Crippen LogP contribution in [0.2, 0.25) is 0 Å². The van der Waals surface area contributed by atoms with Gasteiger partial charge in [-0.25, -0.2) is 9.67 Å². The van der Waals surface area contributed by atoms with E-state index in [-0.39, 0.29) is 5.91 Å². The third-order valence-corrected chi connectivity index (χ3v) is 4.35. The number of carbonyl (C=O) groups excluding carboxylic acids is 1. The van der Waals surface area contributed by atoms with E-state index in [9.17, 15) is 4.79 Å². The monoisotopic (exact) mass is 372 g/mol. The topological polar surface area (TPSA) is 69.0 Å². The lowest BCUT2D eigenvalue weighted by Gasteiger charge is -2.11. The minimum atomic E-state index is -0.239. The maximum atomic E-state index is 12.7. The third-order valence-electron chi connectivity index (χ3n) is 4.35. The second kappa shape index (κ2) is 7.92. The first-order chi connectivity index (χ1) is 13.7. The lowest BCUT2D eigenvalue weighted by atomic mass is 10.2. The van der Waals surface area contributed by atoms with Gasteiger partial charge < -0.3 is 10.1 Å². The zero-order valence-electron chi connectivity index (χ0n) is 15.5. The van der Waals surface area contributed by atoms with Crippen molar-refractivity contribution in [2.45, 2.75) is 13.5 Å². The van der Waals surface area contributed by atoms with Gasteiger partial charge in [0.1, 0.15) is 5.75 Å². The summed E-state index contributed by atoms with van der Waals surface area (Å²) in [6.45, 7) is 3.06. The molecule has 6 heteroatoms. The summed E-state index contributed by atoms with van der Waals surface area (Å²) in [4.78, 5) is 17.1. The summed E-state index contributed by atoms with van der Waals surface area (Å²) in [5.41, 5.74) is 2.99. The van der Waals surface area contributed by atoms with E-state index in [0.29, 0.717) is 30.2 Å². The number of fused-ring (bicyclic) bond motifs is 1. The Kier molecular flexibility index (Phi) is 5.01. The first-order valence-electron chi connectivity index (χ1n) is 9.13. The number of carbonyl (C=O) groups is 1. The fourth-order valence-electron chi connectivity index (χ4n) is 3.01.